The molecule has 0 aliphatic carbocycles. The van der Waals surface area contributed by atoms with Crippen molar-refractivity contribution >= 4 is 35.8 Å². The highest BCUT2D eigenvalue weighted by Gasteiger charge is 2.16. The fourth-order valence-corrected chi connectivity index (χ4v) is 2.73. The lowest BCUT2D eigenvalue weighted by molar-refractivity contribution is -0.121. The van der Waals surface area contributed by atoms with Crippen LogP contribution >= 0.6 is 24.0 Å². The number of carbonyl (C=O) groups is 1. The van der Waals surface area contributed by atoms with E-state index in [1.54, 1.807) is 24.3 Å². The quantitative estimate of drug-likeness (QED) is 0.243. The molecule has 2 aromatic rings. The van der Waals surface area contributed by atoms with Crippen LogP contribution in [0.3, 0.4) is 0 Å². The van der Waals surface area contributed by atoms with Crippen LogP contribution in [0, 0.1) is 17.6 Å². The third-order valence-electron chi connectivity index (χ3n) is 4.32. The van der Waals surface area contributed by atoms with Crippen LogP contribution < -0.4 is 21.1 Å². The van der Waals surface area contributed by atoms with E-state index in [-0.39, 0.29) is 48.3 Å². The first-order chi connectivity index (χ1) is 14.4. The summed E-state index contributed by atoms with van der Waals surface area (Å²) in [5, 5.41) is 6.26. The zero-order valence-corrected chi connectivity index (χ0v) is 19.9. The third kappa shape index (κ3) is 9.95. The number of nitrogens with zero attached hydrogens (tertiary/aromatic N) is 1. The van der Waals surface area contributed by atoms with E-state index in [4.69, 9.17) is 10.5 Å². The predicted molar refractivity (Wildman–Crippen MR) is 129 cm³/mol. The summed E-state index contributed by atoms with van der Waals surface area (Å²) >= 11 is 0. The van der Waals surface area contributed by atoms with Gasteiger partial charge in [-0.15, -0.1) is 24.0 Å². The number of carbonyl (C=O) groups excluding carboxylic acids is 1. The monoisotopic (exact) mass is 546 g/mol. The number of guanidine groups is 1. The molecule has 0 saturated carbocycles. The molecule has 0 heterocycles. The van der Waals surface area contributed by atoms with Crippen LogP contribution in [0.15, 0.2) is 53.5 Å². The van der Waals surface area contributed by atoms with E-state index in [9.17, 15) is 13.6 Å². The normalized spacial score (nSPS) is 13.0. The molecule has 0 aromatic heterocycles. The molecule has 0 bridgehead atoms. The molecule has 9 heteroatoms. The van der Waals surface area contributed by atoms with Gasteiger partial charge in [0.05, 0.1) is 19.0 Å². The topological polar surface area (TPSA) is 88.7 Å². The summed E-state index contributed by atoms with van der Waals surface area (Å²) in [5.41, 5.74) is 6.34. The van der Waals surface area contributed by atoms with Crippen LogP contribution in [-0.4, -0.2) is 37.6 Å². The fraction of sp³-hybridized carbons (Fsp3) is 0.364. The SMILES string of the molecule is CCNC(=NCC(Cc1ccc(F)cc1)C(N)=O)NCC(C)Oc1ccc(F)cc1.I. The van der Waals surface area contributed by atoms with Gasteiger partial charge in [-0.05, 0) is 62.2 Å². The molecule has 0 fully saturated rings. The molecule has 6 nitrogen and oxygen atoms in total. The van der Waals surface area contributed by atoms with Crippen molar-refractivity contribution in [2.24, 2.45) is 16.6 Å². The van der Waals surface area contributed by atoms with Gasteiger partial charge in [0.15, 0.2) is 5.96 Å². The minimum Gasteiger partial charge on any atom is -0.489 e. The predicted octanol–water partition coefficient (Wildman–Crippen LogP) is 3.25. The Morgan fingerprint density at radius 2 is 1.65 bits per heavy atom. The highest BCUT2D eigenvalue weighted by Crippen LogP contribution is 2.13. The number of rotatable bonds is 10. The number of primary amides is 1. The van der Waals surface area contributed by atoms with Gasteiger partial charge in [0.2, 0.25) is 5.91 Å². The maximum atomic E-state index is 13.1. The van der Waals surface area contributed by atoms with E-state index in [0.29, 0.717) is 31.2 Å². The standard InChI is InChI=1S/C22H28F2N4O2.HI/c1-3-26-22(27-13-15(2)30-20-10-8-19(24)9-11-20)28-14-17(21(25)29)12-16-4-6-18(23)7-5-16;/h4-11,15,17H,3,12-14H2,1-2H3,(H2,25,29)(H2,26,27,28);1H. The molecule has 0 radical (unpaired) electrons. The second-order valence-electron chi connectivity index (χ2n) is 6.91. The van der Waals surface area contributed by atoms with Crippen molar-refractivity contribution in [1.82, 2.24) is 10.6 Å². The fourth-order valence-electron chi connectivity index (χ4n) is 2.73. The lowest BCUT2D eigenvalue weighted by Crippen LogP contribution is -2.42. The Hall–Kier alpha value is -2.43. The Kier molecular flexibility index (Phi) is 11.8. The molecule has 0 aliphatic rings. The van der Waals surface area contributed by atoms with Crippen LogP contribution in [0.5, 0.6) is 5.75 Å². The Morgan fingerprint density at radius 1 is 1.06 bits per heavy atom. The van der Waals surface area contributed by atoms with Gasteiger partial charge in [-0.3, -0.25) is 9.79 Å². The second-order valence-corrected chi connectivity index (χ2v) is 6.91. The maximum Gasteiger partial charge on any atom is 0.222 e. The van der Waals surface area contributed by atoms with E-state index in [0.717, 1.165) is 5.56 Å². The van der Waals surface area contributed by atoms with Gasteiger partial charge in [0.25, 0.3) is 0 Å². The number of nitrogens with one attached hydrogen (secondary N) is 2. The van der Waals surface area contributed by atoms with Crippen LogP contribution in [0.1, 0.15) is 19.4 Å². The van der Waals surface area contributed by atoms with Crippen molar-refractivity contribution in [3.8, 4) is 5.75 Å². The Bertz CT molecular complexity index is 832. The minimum atomic E-state index is -0.515. The first-order valence-electron chi connectivity index (χ1n) is 9.85. The van der Waals surface area contributed by atoms with Crippen molar-refractivity contribution in [2.75, 3.05) is 19.6 Å². The third-order valence-corrected chi connectivity index (χ3v) is 4.32. The smallest absolute Gasteiger partial charge is 0.222 e. The zero-order valence-electron chi connectivity index (χ0n) is 17.6. The van der Waals surface area contributed by atoms with Crippen LogP contribution in [-0.2, 0) is 11.2 Å². The lowest BCUT2D eigenvalue weighted by atomic mass is 9.99. The van der Waals surface area contributed by atoms with E-state index in [1.807, 2.05) is 13.8 Å². The van der Waals surface area contributed by atoms with Gasteiger partial charge in [0, 0.05) is 6.54 Å². The molecule has 31 heavy (non-hydrogen) atoms. The first kappa shape index (κ1) is 26.6. The van der Waals surface area contributed by atoms with E-state index >= 15 is 0 Å². The lowest BCUT2D eigenvalue weighted by Gasteiger charge is -2.18. The van der Waals surface area contributed by atoms with Crippen LogP contribution in [0.4, 0.5) is 8.78 Å². The maximum absolute atomic E-state index is 13.1. The molecule has 1 amide bonds. The molecule has 170 valence electrons. The van der Waals surface area contributed by atoms with E-state index in [1.165, 1.54) is 24.3 Å². The summed E-state index contributed by atoms with van der Waals surface area (Å²) in [4.78, 5) is 16.3. The average Bonchev–Trinajstić information content (AvgIpc) is 2.72. The Morgan fingerprint density at radius 3 is 2.19 bits per heavy atom. The molecular formula is C22H29F2IN4O2. The number of hydrogen-bond donors (Lipinski definition) is 3. The summed E-state index contributed by atoms with van der Waals surface area (Å²) < 4.78 is 31.8. The van der Waals surface area contributed by atoms with Gasteiger partial charge < -0.3 is 21.1 Å². The van der Waals surface area contributed by atoms with Gasteiger partial charge in [-0.1, -0.05) is 12.1 Å². The van der Waals surface area contributed by atoms with Gasteiger partial charge >= 0.3 is 0 Å². The number of benzene rings is 2. The van der Waals surface area contributed by atoms with Gasteiger partial charge in [0.1, 0.15) is 23.5 Å². The molecule has 2 atom stereocenters. The first-order valence-corrected chi connectivity index (χ1v) is 9.85. The average molecular weight is 546 g/mol. The van der Waals surface area contributed by atoms with Crippen molar-refractivity contribution in [1.29, 1.82) is 0 Å². The number of hydrogen-bond acceptors (Lipinski definition) is 3. The second kappa shape index (κ2) is 13.8. The van der Waals surface area contributed by atoms with Crippen LogP contribution in [0.2, 0.25) is 0 Å². The highest BCUT2D eigenvalue weighted by molar-refractivity contribution is 14.0. The number of amides is 1. The number of aliphatic imine (C=N–C) groups is 1. The number of halogens is 3. The molecule has 2 aromatic carbocycles. The zero-order chi connectivity index (χ0) is 21.9. The molecule has 0 saturated heterocycles. The molecule has 4 N–H and O–H groups in total. The summed E-state index contributed by atoms with van der Waals surface area (Å²) in [6.45, 7) is 5.08. The summed E-state index contributed by atoms with van der Waals surface area (Å²) in [6.07, 6.45) is 0.174. The van der Waals surface area contributed by atoms with E-state index in [2.05, 4.69) is 15.6 Å². The number of nitrogens with two attached hydrogens (primary N) is 1. The molecule has 2 unspecified atom stereocenters. The van der Waals surface area contributed by atoms with Gasteiger partial charge in [-0.25, -0.2) is 8.78 Å². The highest BCUT2D eigenvalue weighted by atomic mass is 127. The Labute approximate surface area is 198 Å². The summed E-state index contributed by atoms with van der Waals surface area (Å²) in [5.74, 6) is -0.536. The largest absolute Gasteiger partial charge is 0.489 e. The summed E-state index contributed by atoms with van der Waals surface area (Å²) in [7, 11) is 0. The minimum absolute atomic E-state index is 0. The summed E-state index contributed by atoms with van der Waals surface area (Å²) in [6, 6.07) is 11.8. The molecule has 0 spiro atoms. The molecular weight excluding hydrogens is 517 g/mol. The van der Waals surface area contributed by atoms with E-state index < -0.39 is 11.8 Å². The van der Waals surface area contributed by atoms with Crippen molar-refractivity contribution in [3.05, 3.63) is 65.7 Å². The van der Waals surface area contributed by atoms with Crippen molar-refractivity contribution in [2.45, 2.75) is 26.4 Å². The van der Waals surface area contributed by atoms with Crippen molar-refractivity contribution in [3.63, 3.8) is 0 Å². The molecule has 0 aliphatic heterocycles. The number of ether oxygens (including phenoxy) is 1. The van der Waals surface area contributed by atoms with Crippen LogP contribution in [0.25, 0.3) is 0 Å². The van der Waals surface area contributed by atoms with Gasteiger partial charge in [-0.2, -0.15) is 0 Å². The Balaban J connectivity index is 0.00000480. The van der Waals surface area contributed by atoms with Crippen molar-refractivity contribution < 1.29 is 18.3 Å². The molecule has 2 rings (SSSR count).